The normalized spacial score (nSPS) is 23.0. The van der Waals surface area contributed by atoms with Gasteiger partial charge >= 0.3 is 11.9 Å². The summed E-state index contributed by atoms with van der Waals surface area (Å²) in [6, 6.07) is 6.98. The highest BCUT2D eigenvalue weighted by Crippen LogP contribution is 2.48. The molecule has 8 heteroatoms. The van der Waals surface area contributed by atoms with Crippen molar-refractivity contribution in [1.82, 2.24) is 10.2 Å². The SMILES string of the molecule is CN(C)CCCNC1=C(C(=O)OC(C)(C)C)[C@H](c2ccc(Cl)cc2)[C@@H](C(=O)OC(C)(C)C)[C@](C)(O)C1. The maximum absolute atomic E-state index is 13.7. The molecule has 202 valence electrons. The van der Waals surface area contributed by atoms with E-state index in [0.29, 0.717) is 28.4 Å². The highest BCUT2D eigenvalue weighted by Gasteiger charge is 2.53. The topological polar surface area (TPSA) is 88.1 Å². The minimum atomic E-state index is -1.48. The molecule has 1 aliphatic rings. The number of rotatable bonds is 8. The summed E-state index contributed by atoms with van der Waals surface area (Å²) in [5.74, 6) is -2.93. The van der Waals surface area contributed by atoms with Gasteiger partial charge in [-0.3, -0.25) is 4.79 Å². The van der Waals surface area contributed by atoms with Crippen LogP contribution in [0.15, 0.2) is 35.5 Å². The molecule has 3 atom stereocenters. The summed E-state index contributed by atoms with van der Waals surface area (Å²) in [6.45, 7) is 13.8. The zero-order valence-electron chi connectivity index (χ0n) is 23.2. The lowest BCUT2D eigenvalue weighted by atomic mass is 9.65. The van der Waals surface area contributed by atoms with Gasteiger partial charge in [-0.1, -0.05) is 23.7 Å². The number of carbonyl (C=O) groups is 2. The lowest BCUT2D eigenvalue weighted by Gasteiger charge is -2.44. The van der Waals surface area contributed by atoms with Crippen LogP contribution in [0.4, 0.5) is 0 Å². The predicted molar refractivity (Wildman–Crippen MR) is 143 cm³/mol. The van der Waals surface area contributed by atoms with E-state index in [1.54, 1.807) is 72.7 Å². The maximum Gasteiger partial charge on any atom is 0.336 e. The van der Waals surface area contributed by atoms with Crippen LogP contribution < -0.4 is 5.32 Å². The van der Waals surface area contributed by atoms with Crippen molar-refractivity contribution in [2.45, 2.75) is 84.0 Å². The molecule has 0 fully saturated rings. The van der Waals surface area contributed by atoms with Crippen LogP contribution >= 0.6 is 11.6 Å². The molecule has 0 saturated carbocycles. The number of aliphatic hydroxyl groups is 1. The number of hydrogen-bond donors (Lipinski definition) is 2. The van der Waals surface area contributed by atoms with Crippen molar-refractivity contribution in [2.24, 2.45) is 5.92 Å². The van der Waals surface area contributed by atoms with Gasteiger partial charge < -0.3 is 24.8 Å². The lowest BCUT2D eigenvalue weighted by Crippen LogP contribution is -2.52. The van der Waals surface area contributed by atoms with Crippen molar-refractivity contribution in [3.63, 3.8) is 0 Å². The summed E-state index contributed by atoms with van der Waals surface area (Å²) < 4.78 is 11.6. The lowest BCUT2D eigenvalue weighted by molar-refractivity contribution is -0.171. The summed E-state index contributed by atoms with van der Waals surface area (Å²) in [5.41, 5.74) is -1.41. The van der Waals surface area contributed by atoms with Crippen molar-refractivity contribution in [3.05, 3.63) is 46.1 Å². The van der Waals surface area contributed by atoms with Gasteiger partial charge in [-0.15, -0.1) is 0 Å². The van der Waals surface area contributed by atoms with Crippen molar-refractivity contribution < 1.29 is 24.2 Å². The molecule has 1 aromatic carbocycles. The maximum atomic E-state index is 13.7. The Labute approximate surface area is 221 Å². The third kappa shape index (κ3) is 8.49. The third-order valence-electron chi connectivity index (χ3n) is 5.80. The van der Waals surface area contributed by atoms with Gasteiger partial charge in [0.25, 0.3) is 0 Å². The van der Waals surface area contributed by atoms with Crippen LogP contribution in [0.2, 0.25) is 5.02 Å². The van der Waals surface area contributed by atoms with E-state index >= 15 is 0 Å². The Morgan fingerprint density at radius 2 is 1.64 bits per heavy atom. The van der Waals surface area contributed by atoms with E-state index in [4.69, 9.17) is 21.1 Å². The summed E-state index contributed by atoms with van der Waals surface area (Å²) in [4.78, 5) is 29.3. The second kappa shape index (κ2) is 11.5. The van der Waals surface area contributed by atoms with Crippen molar-refractivity contribution in [2.75, 3.05) is 27.2 Å². The molecule has 0 amide bonds. The first kappa shape index (κ1) is 30.1. The Bertz CT molecular complexity index is 956. The molecular formula is C28H43ClN2O5. The first-order valence-electron chi connectivity index (χ1n) is 12.5. The summed E-state index contributed by atoms with van der Waals surface area (Å²) in [7, 11) is 4.00. The number of benzene rings is 1. The molecule has 0 saturated heterocycles. The van der Waals surface area contributed by atoms with E-state index in [2.05, 4.69) is 10.2 Å². The van der Waals surface area contributed by atoms with Crippen molar-refractivity contribution in [1.29, 1.82) is 0 Å². The van der Waals surface area contributed by atoms with Gasteiger partial charge in [0.05, 0.1) is 17.1 Å². The molecule has 0 spiro atoms. The van der Waals surface area contributed by atoms with E-state index in [1.807, 2.05) is 14.1 Å². The average molecular weight is 523 g/mol. The predicted octanol–water partition coefficient (Wildman–Crippen LogP) is 4.67. The largest absolute Gasteiger partial charge is 0.460 e. The molecule has 2 N–H and O–H groups in total. The Morgan fingerprint density at radius 3 is 2.14 bits per heavy atom. The molecular weight excluding hydrogens is 480 g/mol. The second-order valence-electron chi connectivity index (χ2n) is 12.1. The monoisotopic (exact) mass is 522 g/mol. The molecule has 1 aromatic rings. The van der Waals surface area contributed by atoms with Gasteiger partial charge in [0.2, 0.25) is 0 Å². The fraction of sp³-hybridized carbons (Fsp3) is 0.643. The van der Waals surface area contributed by atoms with E-state index in [-0.39, 0.29) is 6.42 Å². The molecule has 2 rings (SSSR count). The highest BCUT2D eigenvalue weighted by molar-refractivity contribution is 6.30. The molecule has 0 radical (unpaired) electrons. The van der Waals surface area contributed by atoms with E-state index in [9.17, 15) is 14.7 Å². The van der Waals surface area contributed by atoms with E-state index < -0.39 is 40.6 Å². The standard InChI is InChI=1S/C28H43ClN2O5/c1-26(2,3)35-24(32)22-20(30-15-10-16-31(8)9)17-28(7,34)23(25(33)36-27(4,5)6)21(22)18-11-13-19(29)14-12-18/h11-14,21,23,30,34H,10,15-17H2,1-9H3/t21-,23-,28+/m0/s1. The minimum absolute atomic E-state index is 0.0809. The van der Waals surface area contributed by atoms with Crippen LogP contribution in [-0.4, -0.2) is 65.9 Å². The molecule has 0 unspecified atom stereocenters. The molecule has 0 heterocycles. The quantitative estimate of drug-likeness (QED) is 0.379. The third-order valence-corrected chi connectivity index (χ3v) is 6.06. The Hall–Kier alpha value is -2.09. The van der Waals surface area contributed by atoms with Crippen LogP contribution in [-0.2, 0) is 19.1 Å². The highest BCUT2D eigenvalue weighted by atomic mass is 35.5. The van der Waals surface area contributed by atoms with Crippen LogP contribution in [0.3, 0.4) is 0 Å². The number of ether oxygens (including phenoxy) is 2. The molecule has 7 nitrogen and oxygen atoms in total. The number of nitrogens with one attached hydrogen (secondary N) is 1. The van der Waals surface area contributed by atoms with Gasteiger partial charge in [0.15, 0.2) is 0 Å². The number of hydrogen-bond acceptors (Lipinski definition) is 7. The van der Waals surface area contributed by atoms with Gasteiger partial charge in [0, 0.05) is 29.6 Å². The second-order valence-corrected chi connectivity index (χ2v) is 12.5. The smallest absolute Gasteiger partial charge is 0.336 e. The molecule has 0 aromatic heterocycles. The Kier molecular flexibility index (Phi) is 9.65. The Balaban J connectivity index is 2.70. The number of esters is 2. The molecule has 0 bridgehead atoms. The number of nitrogens with zero attached hydrogens (tertiary/aromatic N) is 1. The van der Waals surface area contributed by atoms with E-state index in [1.165, 1.54) is 0 Å². The van der Waals surface area contributed by atoms with Crippen LogP contribution in [0.25, 0.3) is 0 Å². The van der Waals surface area contributed by atoms with E-state index in [0.717, 1.165) is 13.0 Å². The zero-order chi connectivity index (χ0) is 27.5. The first-order chi connectivity index (χ1) is 16.4. The fourth-order valence-corrected chi connectivity index (χ4v) is 4.56. The minimum Gasteiger partial charge on any atom is -0.460 e. The summed E-state index contributed by atoms with van der Waals surface area (Å²) in [6.07, 6.45) is 0.916. The van der Waals surface area contributed by atoms with Crippen molar-refractivity contribution >= 4 is 23.5 Å². The van der Waals surface area contributed by atoms with Gasteiger partial charge in [0.1, 0.15) is 11.2 Å². The summed E-state index contributed by atoms with van der Waals surface area (Å²) >= 11 is 6.16. The van der Waals surface area contributed by atoms with Gasteiger partial charge in [-0.05, 0) is 93.2 Å². The molecule has 36 heavy (non-hydrogen) atoms. The van der Waals surface area contributed by atoms with Crippen LogP contribution in [0, 0.1) is 5.92 Å². The van der Waals surface area contributed by atoms with Crippen LogP contribution in [0.5, 0.6) is 0 Å². The van der Waals surface area contributed by atoms with Crippen LogP contribution in [0.1, 0.15) is 72.8 Å². The van der Waals surface area contributed by atoms with Gasteiger partial charge in [-0.25, -0.2) is 4.79 Å². The van der Waals surface area contributed by atoms with Gasteiger partial charge in [-0.2, -0.15) is 0 Å². The number of halogens is 1. The Morgan fingerprint density at radius 1 is 1.08 bits per heavy atom. The number of carbonyl (C=O) groups excluding carboxylic acids is 2. The summed E-state index contributed by atoms with van der Waals surface area (Å²) in [5, 5.41) is 15.6. The van der Waals surface area contributed by atoms with Crippen molar-refractivity contribution in [3.8, 4) is 0 Å². The molecule has 0 aliphatic heterocycles. The zero-order valence-corrected chi connectivity index (χ0v) is 24.0. The average Bonchev–Trinajstić information content (AvgIpc) is 2.67. The first-order valence-corrected chi connectivity index (χ1v) is 12.8. The molecule has 1 aliphatic carbocycles. The fourth-order valence-electron chi connectivity index (χ4n) is 4.44.